The number of fused-ring (bicyclic) bond motifs is 1. The molecular weight excluding hydrogens is 364 g/mol. The average molecular weight is 388 g/mol. The van der Waals surface area contributed by atoms with Gasteiger partial charge in [0.05, 0.1) is 7.11 Å². The van der Waals surface area contributed by atoms with E-state index in [1.807, 2.05) is 6.07 Å². The molecule has 7 heteroatoms. The number of anilines is 1. The first-order valence-electron chi connectivity index (χ1n) is 8.86. The third kappa shape index (κ3) is 4.08. The van der Waals surface area contributed by atoms with Crippen LogP contribution in [-0.2, 0) is 22.9 Å². The van der Waals surface area contributed by atoms with Crippen LogP contribution < -0.4 is 9.46 Å². The molecule has 0 atom stereocenters. The maximum Gasteiger partial charge on any atom is 0.265 e. The quantitative estimate of drug-likeness (QED) is 0.854. The molecule has 0 radical (unpaired) electrons. The lowest BCUT2D eigenvalue weighted by molar-refractivity contribution is 0.0827. The number of rotatable bonds is 5. The lowest BCUT2D eigenvalue weighted by Gasteiger charge is -2.19. The summed E-state index contributed by atoms with van der Waals surface area (Å²) in [5, 5.41) is 0. The number of nitrogens with one attached hydrogen (secondary N) is 1. The van der Waals surface area contributed by atoms with Gasteiger partial charge in [-0.25, -0.2) is 8.42 Å². The SMILES string of the molecule is COc1cc2c(cc1S(=O)(=O)Nc1ccc(C(=O)N(C)C)cc1)CCCC2. The fourth-order valence-corrected chi connectivity index (χ4v) is 4.52. The summed E-state index contributed by atoms with van der Waals surface area (Å²) in [4.78, 5) is 13.6. The van der Waals surface area contributed by atoms with E-state index in [2.05, 4.69) is 4.72 Å². The molecule has 27 heavy (non-hydrogen) atoms. The second-order valence-corrected chi connectivity index (χ2v) is 8.51. The van der Waals surface area contributed by atoms with Crippen LogP contribution in [0.2, 0.25) is 0 Å². The lowest BCUT2D eigenvalue weighted by Crippen LogP contribution is -2.21. The molecule has 3 rings (SSSR count). The van der Waals surface area contributed by atoms with E-state index in [-0.39, 0.29) is 10.8 Å². The molecule has 144 valence electrons. The molecule has 2 aromatic rings. The third-order valence-corrected chi connectivity index (χ3v) is 6.11. The van der Waals surface area contributed by atoms with Crippen molar-refractivity contribution in [2.45, 2.75) is 30.6 Å². The van der Waals surface area contributed by atoms with Gasteiger partial charge >= 0.3 is 0 Å². The fraction of sp³-hybridized carbons (Fsp3) is 0.350. The van der Waals surface area contributed by atoms with Gasteiger partial charge < -0.3 is 9.64 Å². The van der Waals surface area contributed by atoms with Crippen molar-refractivity contribution in [3.63, 3.8) is 0 Å². The molecule has 0 fully saturated rings. The standard InChI is InChI=1S/C20H24N2O4S/c1-22(2)20(23)14-8-10-17(11-9-14)21-27(24,25)19-13-16-7-5-4-6-15(16)12-18(19)26-3/h8-13,21H,4-7H2,1-3H3. The minimum atomic E-state index is -3.81. The fourth-order valence-electron chi connectivity index (χ4n) is 3.26. The van der Waals surface area contributed by atoms with Crippen molar-refractivity contribution in [2.24, 2.45) is 0 Å². The Morgan fingerprint density at radius 2 is 1.63 bits per heavy atom. The number of amides is 1. The maximum absolute atomic E-state index is 12.9. The van der Waals surface area contributed by atoms with E-state index in [1.54, 1.807) is 44.4 Å². The topological polar surface area (TPSA) is 75.7 Å². The smallest absolute Gasteiger partial charge is 0.265 e. The minimum absolute atomic E-state index is 0.138. The zero-order valence-corrected chi connectivity index (χ0v) is 16.6. The second-order valence-electron chi connectivity index (χ2n) is 6.86. The van der Waals surface area contributed by atoms with Crippen molar-refractivity contribution < 1.29 is 17.9 Å². The predicted molar refractivity (Wildman–Crippen MR) is 105 cm³/mol. The first-order valence-corrected chi connectivity index (χ1v) is 10.3. The highest BCUT2D eigenvalue weighted by molar-refractivity contribution is 7.92. The number of benzene rings is 2. The number of methoxy groups -OCH3 is 1. The number of ether oxygens (including phenoxy) is 1. The highest BCUT2D eigenvalue weighted by atomic mass is 32.2. The largest absolute Gasteiger partial charge is 0.495 e. The Labute approximate surface area is 160 Å². The number of hydrogen-bond acceptors (Lipinski definition) is 4. The molecule has 1 amide bonds. The highest BCUT2D eigenvalue weighted by Crippen LogP contribution is 2.33. The number of sulfonamides is 1. The lowest BCUT2D eigenvalue weighted by atomic mass is 9.92. The summed E-state index contributed by atoms with van der Waals surface area (Å²) < 4.78 is 33.8. The van der Waals surface area contributed by atoms with Gasteiger partial charge in [-0.3, -0.25) is 9.52 Å². The van der Waals surface area contributed by atoms with Gasteiger partial charge in [0.25, 0.3) is 15.9 Å². The van der Waals surface area contributed by atoms with Gasteiger partial charge in [-0.15, -0.1) is 0 Å². The third-order valence-electron chi connectivity index (χ3n) is 4.71. The molecule has 0 spiro atoms. The molecule has 0 heterocycles. The Morgan fingerprint density at radius 3 is 2.19 bits per heavy atom. The van der Waals surface area contributed by atoms with Crippen LogP contribution in [0.15, 0.2) is 41.3 Å². The summed E-state index contributed by atoms with van der Waals surface area (Å²) in [5.41, 5.74) is 3.11. The summed E-state index contributed by atoms with van der Waals surface area (Å²) in [6, 6.07) is 9.92. The molecule has 0 aliphatic heterocycles. The van der Waals surface area contributed by atoms with Crippen LogP contribution in [0.3, 0.4) is 0 Å². The monoisotopic (exact) mass is 388 g/mol. The van der Waals surface area contributed by atoms with E-state index in [1.165, 1.54) is 12.0 Å². The second kappa shape index (κ2) is 7.60. The van der Waals surface area contributed by atoms with Crippen LogP contribution in [0, 0.1) is 0 Å². The summed E-state index contributed by atoms with van der Waals surface area (Å²) in [6.45, 7) is 0. The van der Waals surface area contributed by atoms with Crippen molar-refractivity contribution in [2.75, 3.05) is 25.9 Å². The highest BCUT2D eigenvalue weighted by Gasteiger charge is 2.23. The molecule has 0 saturated heterocycles. The molecule has 0 bridgehead atoms. The summed E-state index contributed by atoms with van der Waals surface area (Å²) >= 11 is 0. The van der Waals surface area contributed by atoms with Crippen molar-refractivity contribution in [1.29, 1.82) is 0 Å². The predicted octanol–water partition coefficient (Wildman–Crippen LogP) is 3.08. The number of aryl methyl sites for hydroxylation is 2. The zero-order chi connectivity index (χ0) is 19.6. The van der Waals surface area contributed by atoms with E-state index >= 15 is 0 Å². The Kier molecular flexibility index (Phi) is 5.41. The van der Waals surface area contributed by atoms with E-state index in [0.717, 1.165) is 36.8 Å². The van der Waals surface area contributed by atoms with E-state index in [4.69, 9.17) is 4.74 Å². The van der Waals surface area contributed by atoms with Gasteiger partial charge in [0.2, 0.25) is 0 Å². The molecule has 0 saturated carbocycles. The van der Waals surface area contributed by atoms with Crippen molar-refractivity contribution in [3.05, 3.63) is 53.1 Å². The average Bonchev–Trinajstić information content (AvgIpc) is 2.66. The molecular formula is C20H24N2O4S. The first kappa shape index (κ1) is 19.2. The summed E-state index contributed by atoms with van der Waals surface area (Å²) in [7, 11) is 1.00. The summed E-state index contributed by atoms with van der Waals surface area (Å²) in [5.74, 6) is 0.211. The number of nitrogens with zero attached hydrogens (tertiary/aromatic N) is 1. The molecule has 6 nitrogen and oxygen atoms in total. The first-order chi connectivity index (χ1) is 12.8. The van der Waals surface area contributed by atoms with Crippen LogP contribution in [0.4, 0.5) is 5.69 Å². The van der Waals surface area contributed by atoms with Crippen LogP contribution in [-0.4, -0.2) is 40.4 Å². The van der Waals surface area contributed by atoms with Crippen molar-refractivity contribution in [1.82, 2.24) is 4.90 Å². The van der Waals surface area contributed by atoms with Crippen LogP contribution in [0.5, 0.6) is 5.75 Å². The van der Waals surface area contributed by atoms with E-state index < -0.39 is 10.0 Å². The van der Waals surface area contributed by atoms with Gasteiger partial charge in [-0.2, -0.15) is 0 Å². The Hall–Kier alpha value is -2.54. The van der Waals surface area contributed by atoms with Gasteiger partial charge in [0.15, 0.2) is 0 Å². The molecule has 0 unspecified atom stereocenters. The van der Waals surface area contributed by atoms with Gasteiger partial charge in [-0.05, 0) is 73.2 Å². The van der Waals surface area contributed by atoms with E-state index in [0.29, 0.717) is 17.0 Å². The zero-order valence-electron chi connectivity index (χ0n) is 15.8. The Balaban J connectivity index is 1.90. The molecule has 1 aliphatic carbocycles. The van der Waals surface area contributed by atoms with E-state index in [9.17, 15) is 13.2 Å². The Bertz CT molecular complexity index is 951. The number of carbonyl (C=O) groups is 1. The van der Waals surface area contributed by atoms with Crippen LogP contribution in [0.25, 0.3) is 0 Å². The maximum atomic E-state index is 12.9. The molecule has 1 aliphatic rings. The van der Waals surface area contributed by atoms with Crippen LogP contribution >= 0.6 is 0 Å². The summed E-state index contributed by atoms with van der Waals surface area (Å²) in [6.07, 6.45) is 4.00. The number of carbonyl (C=O) groups excluding carboxylic acids is 1. The van der Waals surface area contributed by atoms with Gasteiger partial charge in [-0.1, -0.05) is 0 Å². The number of hydrogen-bond donors (Lipinski definition) is 1. The van der Waals surface area contributed by atoms with Crippen LogP contribution in [0.1, 0.15) is 34.3 Å². The van der Waals surface area contributed by atoms with Gasteiger partial charge in [0, 0.05) is 25.3 Å². The van der Waals surface area contributed by atoms with Crippen molar-refractivity contribution >= 4 is 21.6 Å². The minimum Gasteiger partial charge on any atom is -0.495 e. The van der Waals surface area contributed by atoms with Crippen molar-refractivity contribution in [3.8, 4) is 5.75 Å². The van der Waals surface area contributed by atoms with Gasteiger partial charge in [0.1, 0.15) is 10.6 Å². The Morgan fingerprint density at radius 1 is 1.04 bits per heavy atom. The molecule has 0 aromatic heterocycles. The molecule has 1 N–H and O–H groups in total. The molecule has 2 aromatic carbocycles. The normalized spacial score (nSPS) is 13.6.